The number of amides is 1. The first-order chi connectivity index (χ1) is 10.9. The molecule has 0 radical (unpaired) electrons. The Morgan fingerprint density at radius 2 is 2.04 bits per heavy atom. The summed E-state index contributed by atoms with van der Waals surface area (Å²) >= 11 is 0. The quantitative estimate of drug-likeness (QED) is 0.763. The van der Waals surface area contributed by atoms with E-state index in [4.69, 9.17) is 4.74 Å². The van der Waals surface area contributed by atoms with Crippen LogP contribution in [0.15, 0.2) is 29.2 Å². The Bertz CT molecular complexity index is 642. The first-order valence-corrected chi connectivity index (χ1v) is 9.05. The maximum absolute atomic E-state index is 12.3. The molecular weight excluding hydrogens is 318 g/mol. The maximum Gasteiger partial charge on any atom is 0.251 e. The second kappa shape index (κ2) is 7.87. The van der Waals surface area contributed by atoms with Crippen molar-refractivity contribution >= 4 is 15.9 Å². The van der Waals surface area contributed by atoms with Gasteiger partial charge < -0.3 is 10.1 Å². The predicted molar refractivity (Wildman–Crippen MR) is 86.9 cm³/mol. The molecule has 1 aromatic rings. The first-order valence-electron chi connectivity index (χ1n) is 7.57. The van der Waals surface area contributed by atoms with Crippen LogP contribution in [-0.4, -0.2) is 65.2 Å². The fourth-order valence-corrected chi connectivity index (χ4v) is 3.22. The van der Waals surface area contributed by atoms with E-state index in [1.54, 1.807) is 12.1 Å². The van der Waals surface area contributed by atoms with Crippen molar-refractivity contribution in [1.29, 1.82) is 0 Å². The largest absolute Gasteiger partial charge is 0.379 e. The van der Waals surface area contributed by atoms with E-state index in [0.29, 0.717) is 18.8 Å². The lowest BCUT2D eigenvalue weighted by Gasteiger charge is -2.29. The number of nitrogens with one attached hydrogen (secondary N) is 2. The van der Waals surface area contributed by atoms with Gasteiger partial charge in [0.15, 0.2) is 0 Å². The number of carbonyl (C=O) groups is 1. The highest BCUT2D eigenvalue weighted by Gasteiger charge is 2.18. The molecule has 0 bridgehead atoms. The summed E-state index contributed by atoms with van der Waals surface area (Å²) in [6.07, 6.45) is 0. The smallest absolute Gasteiger partial charge is 0.251 e. The topological polar surface area (TPSA) is 87.7 Å². The number of sulfonamides is 1. The maximum atomic E-state index is 12.3. The van der Waals surface area contributed by atoms with E-state index in [9.17, 15) is 13.2 Å². The summed E-state index contributed by atoms with van der Waals surface area (Å²) in [5, 5.41) is 2.90. The van der Waals surface area contributed by atoms with Crippen LogP contribution in [0.25, 0.3) is 0 Å². The van der Waals surface area contributed by atoms with Crippen LogP contribution >= 0.6 is 0 Å². The van der Waals surface area contributed by atoms with E-state index in [0.717, 1.165) is 19.6 Å². The van der Waals surface area contributed by atoms with Crippen molar-refractivity contribution in [2.24, 2.45) is 0 Å². The second-order valence-electron chi connectivity index (χ2n) is 5.52. The molecule has 0 aliphatic carbocycles. The number of hydrogen-bond donors (Lipinski definition) is 2. The van der Waals surface area contributed by atoms with Gasteiger partial charge in [-0.3, -0.25) is 9.69 Å². The van der Waals surface area contributed by atoms with Crippen LogP contribution in [0.1, 0.15) is 17.3 Å². The molecule has 1 amide bonds. The zero-order valence-corrected chi connectivity index (χ0v) is 14.2. The zero-order valence-electron chi connectivity index (χ0n) is 13.4. The summed E-state index contributed by atoms with van der Waals surface area (Å²) in [5.74, 6) is -0.279. The minimum absolute atomic E-state index is 0.0369. The Hall–Kier alpha value is -1.48. The molecule has 1 heterocycles. The molecule has 1 saturated heterocycles. The third-order valence-corrected chi connectivity index (χ3v) is 5.10. The van der Waals surface area contributed by atoms with E-state index < -0.39 is 10.0 Å². The highest BCUT2D eigenvalue weighted by Crippen LogP contribution is 2.11. The zero-order chi connectivity index (χ0) is 16.9. The van der Waals surface area contributed by atoms with Gasteiger partial charge in [-0.1, -0.05) is 6.07 Å². The van der Waals surface area contributed by atoms with Gasteiger partial charge in [0.25, 0.3) is 5.91 Å². The predicted octanol–water partition coefficient (Wildman–Crippen LogP) is 0.0452. The van der Waals surface area contributed by atoms with Crippen LogP contribution in [-0.2, 0) is 14.8 Å². The Labute approximate surface area is 137 Å². The number of nitrogens with zero attached hydrogens (tertiary/aromatic N) is 1. The van der Waals surface area contributed by atoms with Crippen molar-refractivity contribution in [3.8, 4) is 0 Å². The molecule has 0 spiro atoms. The van der Waals surface area contributed by atoms with Gasteiger partial charge in [-0.2, -0.15) is 0 Å². The van der Waals surface area contributed by atoms with Gasteiger partial charge in [-0.25, -0.2) is 13.1 Å². The van der Waals surface area contributed by atoms with Crippen molar-refractivity contribution in [3.63, 3.8) is 0 Å². The standard InChI is InChI=1S/C15H23N3O4S/c1-12(11-18-6-8-22-9-7-18)17-15(19)13-4-3-5-14(10-13)23(20,21)16-2/h3-5,10,12,16H,6-9,11H2,1-2H3,(H,17,19)/t12-/m0/s1. The normalized spacial score (nSPS) is 17.7. The fraction of sp³-hybridized carbons (Fsp3) is 0.533. The van der Waals surface area contributed by atoms with Gasteiger partial charge in [-0.05, 0) is 32.2 Å². The van der Waals surface area contributed by atoms with Crippen molar-refractivity contribution in [2.45, 2.75) is 17.9 Å². The van der Waals surface area contributed by atoms with E-state index in [-0.39, 0.29) is 16.8 Å². The van der Waals surface area contributed by atoms with Crippen LogP contribution in [0.5, 0.6) is 0 Å². The minimum atomic E-state index is -3.56. The molecule has 2 N–H and O–H groups in total. The lowest BCUT2D eigenvalue weighted by Crippen LogP contribution is -2.46. The molecule has 1 aliphatic rings. The number of carbonyl (C=O) groups excluding carboxylic acids is 1. The number of hydrogen-bond acceptors (Lipinski definition) is 5. The number of morpholine rings is 1. The molecule has 1 aromatic carbocycles. The van der Waals surface area contributed by atoms with Crippen molar-refractivity contribution < 1.29 is 17.9 Å². The Morgan fingerprint density at radius 3 is 2.70 bits per heavy atom. The molecule has 7 nitrogen and oxygen atoms in total. The third kappa shape index (κ3) is 5.00. The number of ether oxygens (including phenoxy) is 1. The molecule has 2 rings (SSSR count). The van der Waals surface area contributed by atoms with Gasteiger partial charge in [0, 0.05) is 31.2 Å². The van der Waals surface area contributed by atoms with Crippen molar-refractivity contribution in [1.82, 2.24) is 14.9 Å². The molecule has 1 atom stereocenters. The summed E-state index contributed by atoms with van der Waals surface area (Å²) in [6, 6.07) is 5.96. The average molecular weight is 341 g/mol. The molecule has 1 fully saturated rings. The molecule has 0 unspecified atom stereocenters. The van der Waals surface area contributed by atoms with E-state index in [1.165, 1.54) is 19.2 Å². The highest BCUT2D eigenvalue weighted by atomic mass is 32.2. The molecule has 8 heteroatoms. The lowest BCUT2D eigenvalue weighted by molar-refractivity contribution is 0.0342. The monoisotopic (exact) mass is 341 g/mol. The van der Waals surface area contributed by atoms with Crippen LogP contribution in [0.4, 0.5) is 0 Å². The van der Waals surface area contributed by atoms with Gasteiger partial charge in [0.05, 0.1) is 18.1 Å². The molecule has 128 valence electrons. The summed E-state index contributed by atoms with van der Waals surface area (Å²) in [5.41, 5.74) is 0.329. The molecule has 0 saturated carbocycles. The van der Waals surface area contributed by atoms with Gasteiger partial charge in [0.2, 0.25) is 10.0 Å². The van der Waals surface area contributed by atoms with Gasteiger partial charge in [-0.15, -0.1) is 0 Å². The second-order valence-corrected chi connectivity index (χ2v) is 7.41. The van der Waals surface area contributed by atoms with Crippen LogP contribution in [0.3, 0.4) is 0 Å². The van der Waals surface area contributed by atoms with Crippen LogP contribution < -0.4 is 10.0 Å². The number of rotatable bonds is 6. The Balaban J connectivity index is 1.98. The highest BCUT2D eigenvalue weighted by molar-refractivity contribution is 7.89. The fourth-order valence-electron chi connectivity index (χ4n) is 2.45. The minimum Gasteiger partial charge on any atom is -0.379 e. The van der Waals surface area contributed by atoms with Gasteiger partial charge >= 0.3 is 0 Å². The van der Waals surface area contributed by atoms with E-state index in [2.05, 4.69) is 14.9 Å². The summed E-state index contributed by atoms with van der Waals surface area (Å²) < 4.78 is 31.1. The van der Waals surface area contributed by atoms with Crippen LogP contribution in [0.2, 0.25) is 0 Å². The van der Waals surface area contributed by atoms with E-state index in [1.807, 2.05) is 6.92 Å². The van der Waals surface area contributed by atoms with Crippen molar-refractivity contribution in [3.05, 3.63) is 29.8 Å². The van der Waals surface area contributed by atoms with Crippen LogP contribution in [0, 0.1) is 0 Å². The summed E-state index contributed by atoms with van der Waals surface area (Å²) in [7, 11) is -2.22. The van der Waals surface area contributed by atoms with Crippen molar-refractivity contribution in [2.75, 3.05) is 39.9 Å². The summed E-state index contributed by atoms with van der Waals surface area (Å²) in [6.45, 7) is 5.81. The first kappa shape index (κ1) is 17.9. The molecule has 0 aromatic heterocycles. The Morgan fingerprint density at radius 1 is 1.35 bits per heavy atom. The SMILES string of the molecule is CNS(=O)(=O)c1cccc(C(=O)N[C@@H](C)CN2CCOCC2)c1. The molecule has 1 aliphatic heterocycles. The van der Waals surface area contributed by atoms with Gasteiger partial charge in [0.1, 0.15) is 0 Å². The Kier molecular flexibility index (Phi) is 6.11. The lowest BCUT2D eigenvalue weighted by atomic mass is 10.2. The molecule has 23 heavy (non-hydrogen) atoms. The summed E-state index contributed by atoms with van der Waals surface area (Å²) in [4.78, 5) is 14.6. The van der Waals surface area contributed by atoms with E-state index >= 15 is 0 Å². The third-order valence-electron chi connectivity index (χ3n) is 3.69. The average Bonchev–Trinajstić information content (AvgIpc) is 2.55. The number of benzene rings is 1. The molecular formula is C15H23N3O4S.